The van der Waals surface area contributed by atoms with Crippen molar-refractivity contribution < 1.29 is 4.79 Å². The van der Waals surface area contributed by atoms with E-state index in [1.54, 1.807) is 0 Å². The van der Waals surface area contributed by atoms with E-state index < -0.39 is 6.03 Å². The maximum Gasteiger partial charge on any atom is 0.309 e. The van der Waals surface area contributed by atoms with Crippen LogP contribution in [0.5, 0.6) is 0 Å². The number of nitrogens with two attached hydrogens (primary N) is 2. The van der Waals surface area contributed by atoms with E-state index in [0.717, 1.165) is 0 Å². The highest BCUT2D eigenvalue weighted by Gasteiger charge is 1.87. The van der Waals surface area contributed by atoms with Gasteiger partial charge >= 0.3 is 6.03 Å². The molecule has 0 radical (unpaired) electrons. The number of amides is 2. The van der Waals surface area contributed by atoms with Crippen LogP contribution in [0.1, 0.15) is 0 Å². The van der Waals surface area contributed by atoms with Gasteiger partial charge in [0.25, 0.3) is 0 Å². The Morgan fingerprint density at radius 1 is 1.07 bits per heavy atom. The Balaban J connectivity index is 0. The number of primary amides is 2. The molecule has 2 amide bonds. The molecule has 82 valence electrons. The molecule has 0 aliphatic heterocycles. The SMILES string of the molecule is NC(N)=O.S=C(S)NCCNC(=S)S. The average Bonchev–Trinajstić information content (AvgIpc) is 1.96. The van der Waals surface area contributed by atoms with Crippen molar-refractivity contribution in [3.05, 3.63) is 0 Å². The van der Waals surface area contributed by atoms with Crippen molar-refractivity contribution in [3.8, 4) is 0 Å². The van der Waals surface area contributed by atoms with Crippen LogP contribution in [0.3, 0.4) is 0 Å². The van der Waals surface area contributed by atoms with E-state index >= 15 is 0 Å². The Hall–Kier alpha value is -0.250. The maximum atomic E-state index is 9.00. The summed E-state index contributed by atoms with van der Waals surface area (Å²) in [7, 11) is 0. The summed E-state index contributed by atoms with van der Waals surface area (Å²) >= 11 is 17.0. The minimum absolute atomic E-state index is 0.492. The fraction of sp³-hybridized carbons (Fsp3) is 0.400. The van der Waals surface area contributed by atoms with Gasteiger partial charge < -0.3 is 22.1 Å². The molecular formula is C5H12N4OS4. The summed E-state index contributed by atoms with van der Waals surface area (Å²) in [5.74, 6) is 0. The van der Waals surface area contributed by atoms with Gasteiger partial charge in [-0.1, -0.05) is 24.4 Å². The molecule has 0 aromatic heterocycles. The average molecular weight is 272 g/mol. The summed E-state index contributed by atoms with van der Waals surface area (Å²) in [6, 6.07) is -0.833. The molecule has 0 rings (SSSR count). The van der Waals surface area contributed by atoms with Crippen LogP contribution in [0, 0.1) is 0 Å². The van der Waals surface area contributed by atoms with Crippen LogP contribution < -0.4 is 22.1 Å². The van der Waals surface area contributed by atoms with Crippen molar-refractivity contribution in [2.75, 3.05) is 13.1 Å². The van der Waals surface area contributed by atoms with Gasteiger partial charge in [0.15, 0.2) is 0 Å². The van der Waals surface area contributed by atoms with E-state index in [0.29, 0.717) is 21.7 Å². The first-order chi connectivity index (χ1) is 6.36. The van der Waals surface area contributed by atoms with Crippen molar-refractivity contribution >= 4 is 64.4 Å². The first kappa shape index (κ1) is 16.2. The molecule has 0 saturated carbocycles. The zero-order valence-electron chi connectivity index (χ0n) is 7.19. The molecule has 0 bridgehead atoms. The number of thiol groups is 2. The van der Waals surface area contributed by atoms with Crippen LogP contribution in [0.4, 0.5) is 4.79 Å². The summed E-state index contributed by atoms with van der Waals surface area (Å²) in [6.07, 6.45) is 0. The molecule has 9 heteroatoms. The van der Waals surface area contributed by atoms with E-state index in [2.05, 4.69) is 71.8 Å². The van der Waals surface area contributed by atoms with Gasteiger partial charge in [0, 0.05) is 13.1 Å². The standard InChI is InChI=1S/C4H8N2S4.CH4N2O/c7-3(8)5-1-2-6-4(9)10;2-1(3)4/h1-2H2,(H2,5,7,8)(H2,6,9,10);(H4,2,3,4). The highest BCUT2D eigenvalue weighted by atomic mass is 32.1. The lowest BCUT2D eigenvalue weighted by atomic mass is 10.6. The van der Waals surface area contributed by atoms with E-state index in [1.165, 1.54) is 0 Å². The lowest BCUT2D eigenvalue weighted by Crippen LogP contribution is -2.29. The van der Waals surface area contributed by atoms with E-state index in [4.69, 9.17) is 4.79 Å². The summed E-state index contributed by atoms with van der Waals surface area (Å²) < 4.78 is 0.985. The Kier molecular flexibility index (Phi) is 12.5. The van der Waals surface area contributed by atoms with Crippen LogP contribution in [-0.4, -0.2) is 27.8 Å². The number of rotatable bonds is 3. The molecule has 0 heterocycles. The third kappa shape index (κ3) is 29.8. The Morgan fingerprint density at radius 2 is 1.29 bits per heavy atom. The predicted octanol–water partition coefficient (Wildman–Crippen LogP) is -0.381. The van der Waals surface area contributed by atoms with Crippen LogP contribution in [0.25, 0.3) is 0 Å². The Morgan fingerprint density at radius 3 is 1.43 bits per heavy atom. The molecule has 0 aliphatic rings. The van der Waals surface area contributed by atoms with Crippen LogP contribution >= 0.6 is 49.7 Å². The first-order valence-corrected chi connectivity index (χ1v) is 5.05. The van der Waals surface area contributed by atoms with Gasteiger partial charge in [0.2, 0.25) is 0 Å². The highest BCUT2D eigenvalue weighted by molar-refractivity contribution is 8.11. The highest BCUT2D eigenvalue weighted by Crippen LogP contribution is 1.77. The molecule has 6 N–H and O–H groups in total. The van der Waals surface area contributed by atoms with Crippen molar-refractivity contribution in [3.63, 3.8) is 0 Å². The van der Waals surface area contributed by atoms with Gasteiger partial charge in [-0.3, -0.25) is 0 Å². The number of hydrogen-bond donors (Lipinski definition) is 6. The number of thiocarbonyl (C=S) groups is 2. The molecule has 0 saturated heterocycles. The van der Waals surface area contributed by atoms with Crippen LogP contribution in [0.15, 0.2) is 0 Å². The second-order valence-electron chi connectivity index (χ2n) is 1.87. The number of carbonyl (C=O) groups is 1. The minimum Gasteiger partial charge on any atom is -0.369 e. The summed E-state index contributed by atoms with van der Waals surface area (Å²) in [5.41, 5.74) is 8.50. The third-order valence-corrected chi connectivity index (χ3v) is 1.28. The van der Waals surface area contributed by atoms with Crippen LogP contribution in [0.2, 0.25) is 0 Å². The Bertz CT molecular complexity index is 190. The van der Waals surface area contributed by atoms with Crippen molar-refractivity contribution in [1.29, 1.82) is 0 Å². The quantitative estimate of drug-likeness (QED) is 0.239. The largest absolute Gasteiger partial charge is 0.369 e. The topological polar surface area (TPSA) is 93.2 Å². The molecular weight excluding hydrogens is 260 g/mol. The van der Waals surface area contributed by atoms with E-state index in [-0.39, 0.29) is 0 Å². The van der Waals surface area contributed by atoms with Crippen molar-refractivity contribution in [1.82, 2.24) is 10.6 Å². The molecule has 0 fully saturated rings. The monoisotopic (exact) mass is 272 g/mol. The number of nitrogens with one attached hydrogen (secondary N) is 2. The summed E-state index contributed by atoms with van der Waals surface area (Å²) in [6.45, 7) is 1.42. The second kappa shape index (κ2) is 10.8. The van der Waals surface area contributed by atoms with Crippen molar-refractivity contribution in [2.24, 2.45) is 11.5 Å². The first-order valence-electron chi connectivity index (χ1n) is 3.34. The van der Waals surface area contributed by atoms with Crippen molar-refractivity contribution in [2.45, 2.75) is 0 Å². The molecule has 14 heavy (non-hydrogen) atoms. The fourth-order valence-electron chi connectivity index (χ4n) is 0.339. The minimum atomic E-state index is -0.833. The third-order valence-electron chi connectivity index (χ3n) is 0.677. The molecule has 0 unspecified atom stereocenters. The molecule has 0 aromatic rings. The van der Waals surface area contributed by atoms with Gasteiger partial charge in [-0.2, -0.15) is 0 Å². The molecule has 0 aliphatic carbocycles. The normalized spacial score (nSPS) is 7.86. The summed E-state index contributed by atoms with van der Waals surface area (Å²) in [4.78, 5) is 9.00. The Labute approximate surface area is 104 Å². The number of carbonyl (C=O) groups excluding carboxylic acids is 1. The zero-order chi connectivity index (χ0) is 11.6. The molecule has 0 atom stereocenters. The molecule has 0 spiro atoms. The van der Waals surface area contributed by atoms with Crippen LogP contribution in [-0.2, 0) is 0 Å². The molecule has 0 aromatic carbocycles. The zero-order valence-corrected chi connectivity index (χ0v) is 10.6. The predicted molar refractivity (Wildman–Crippen MR) is 72.9 cm³/mol. The molecule has 5 nitrogen and oxygen atoms in total. The van der Waals surface area contributed by atoms with Gasteiger partial charge in [-0.05, 0) is 0 Å². The summed E-state index contributed by atoms with van der Waals surface area (Å²) in [5, 5.41) is 5.68. The second-order valence-corrected chi connectivity index (χ2v) is 4.18. The number of hydrogen-bond acceptors (Lipinski definition) is 3. The van der Waals surface area contributed by atoms with E-state index in [9.17, 15) is 0 Å². The van der Waals surface area contributed by atoms with Gasteiger partial charge in [-0.25, -0.2) is 4.79 Å². The van der Waals surface area contributed by atoms with Gasteiger partial charge in [0.1, 0.15) is 8.64 Å². The van der Waals surface area contributed by atoms with E-state index in [1.807, 2.05) is 0 Å². The van der Waals surface area contributed by atoms with Gasteiger partial charge in [0.05, 0.1) is 0 Å². The van der Waals surface area contributed by atoms with Gasteiger partial charge in [-0.15, -0.1) is 25.3 Å². The fourth-order valence-corrected chi connectivity index (χ4v) is 0.767. The number of urea groups is 1. The lowest BCUT2D eigenvalue weighted by molar-refractivity contribution is 0.256. The smallest absolute Gasteiger partial charge is 0.309 e. The lowest BCUT2D eigenvalue weighted by Gasteiger charge is -2.03. The maximum absolute atomic E-state index is 9.00.